The van der Waals surface area contributed by atoms with E-state index in [1.165, 1.54) is 12.8 Å². The largest absolute Gasteiger partial charge is 0.481 e. The van der Waals surface area contributed by atoms with Gasteiger partial charge in [-0.15, -0.1) is 0 Å². The second-order valence-electron chi connectivity index (χ2n) is 7.38. The summed E-state index contributed by atoms with van der Waals surface area (Å²) in [6.07, 6.45) is 4.51. The summed E-state index contributed by atoms with van der Waals surface area (Å²) in [6, 6.07) is 1.92. The van der Waals surface area contributed by atoms with Crippen LogP contribution in [0.15, 0.2) is 6.07 Å². The number of nitrogens with one attached hydrogen (secondary N) is 1. The van der Waals surface area contributed by atoms with E-state index < -0.39 is 0 Å². The van der Waals surface area contributed by atoms with E-state index in [2.05, 4.69) is 10.3 Å². The molecule has 1 aliphatic heterocycles. The lowest BCUT2D eigenvalue weighted by atomic mass is 10.1. The summed E-state index contributed by atoms with van der Waals surface area (Å²) in [6.45, 7) is 2.69. The summed E-state index contributed by atoms with van der Waals surface area (Å²) in [4.78, 5) is 33.4. The van der Waals surface area contributed by atoms with Crippen molar-refractivity contribution in [3.8, 4) is 5.88 Å². The van der Waals surface area contributed by atoms with Gasteiger partial charge in [-0.2, -0.15) is 0 Å². The van der Waals surface area contributed by atoms with Gasteiger partial charge >= 0.3 is 0 Å². The first-order valence-electron chi connectivity index (χ1n) is 9.24. The van der Waals surface area contributed by atoms with E-state index in [0.29, 0.717) is 24.0 Å². The molecule has 1 aromatic heterocycles. The van der Waals surface area contributed by atoms with Crippen LogP contribution < -0.4 is 10.1 Å². The lowest BCUT2D eigenvalue weighted by molar-refractivity contribution is -0.125. The Kier molecular flexibility index (Phi) is 5.46. The van der Waals surface area contributed by atoms with Crippen molar-refractivity contribution in [3.05, 3.63) is 22.9 Å². The molecule has 1 N–H and O–H groups in total. The SMILES string of the molecule is COc1nc2c(cc1CNC(=O)[C@@H](C)N(C)C)C(=O)N(C1CCCC1)C2. The Morgan fingerprint density at radius 1 is 1.42 bits per heavy atom. The number of amides is 2. The van der Waals surface area contributed by atoms with Gasteiger partial charge in [-0.25, -0.2) is 4.98 Å². The van der Waals surface area contributed by atoms with Crippen LogP contribution in [-0.2, 0) is 17.9 Å². The average molecular weight is 360 g/mol. The number of ether oxygens (including phenoxy) is 1. The molecule has 1 fully saturated rings. The molecule has 142 valence electrons. The molecule has 0 bridgehead atoms. The Morgan fingerprint density at radius 2 is 2.12 bits per heavy atom. The van der Waals surface area contributed by atoms with Gasteiger partial charge in [0.05, 0.1) is 31.0 Å². The summed E-state index contributed by atoms with van der Waals surface area (Å²) in [5.74, 6) is 0.454. The number of pyridine rings is 1. The van der Waals surface area contributed by atoms with Gasteiger partial charge in [0.25, 0.3) is 5.91 Å². The third-order valence-electron chi connectivity index (χ3n) is 5.52. The highest BCUT2D eigenvalue weighted by molar-refractivity contribution is 5.98. The van der Waals surface area contributed by atoms with Crippen molar-refractivity contribution in [1.82, 2.24) is 20.1 Å². The first-order valence-corrected chi connectivity index (χ1v) is 9.24. The molecule has 26 heavy (non-hydrogen) atoms. The minimum Gasteiger partial charge on any atom is -0.481 e. The molecule has 2 amide bonds. The molecule has 2 aliphatic rings. The van der Waals surface area contributed by atoms with Crippen LogP contribution in [-0.4, -0.2) is 59.9 Å². The maximum Gasteiger partial charge on any atom is 0.256 e. The number of carbonyl (C=O) groups excluding carboxylic acids is 2. The fraction of sp³-hybridized carbons (Fsp3) is 0.632. The first kappa shape index (κ1) is 18.6. The van der Waals surface area contributed by atoms with E-state index >= 15 is 0 Å². The Morgan fingerprint density at radius 3 is 2.73 bits per heavy atom. The Hall–Kier alpha value is -2.15. The van der Waals surface area contributed by atoms with Crippen LogP contribution in [0.25, 0.3) is 0 Å². The molecule has 7 nitrogen and oxygen atoms in total. The third kappa shape index (κ3) is 3.53. The number of nitrogens with zero attached hydrogens (tertiary/aromatic N) is 3. The van der Waals surface area contributed by atoms with Crippen molar-refractivity contribution >= 4 is 11.8 Å². The van der Waals surface area contributed by atoms with Crippen LogP contribution in [0.1, 0.15) is 54.2 Å². The number of aromatic nitrogens is 1. The lowest BCUT2D eigenvalue weighted by Crippen LogP contribution is -2.41. The molecule has 0 spiro atoms. The number of rotatable bonds is 6. The fourth-order valence-corrected chi connectivity index (χ4v) is 3.65. The monoisotopic (exact) mass is 360 g/mol. The van der Waals surface area contributed by atoms with Gasteiger partial charge in [0.2, 0.25) is 11.8 Å². The van der Waals surface area contributed by atoms with E-state index in [4.69, 9.17) is 4.74 Å². The van der Waals surface area contributed by atoms with Crippen LogP contribution in [0.2, 0.25) is 0 Å². The standard InChI is InChI=1S/C19H28N4O3/c1-12(22(2)3)17(24)20-10-13-9-15-16(21-18(13)26-4)11-23(19(15)25)14-7-5-6-8-14/h9,12,14H,5-8,10-11H2,1-4H3,(H,20,24)/t12-/m1/s1. The van der Waals surface area contributed by atoms with E-state index in [1.807, 2.05) is 36.9 Å². The van der Waals surface area contributed by atoms with Gasteiger partial charge in [0, 0.05) is 18.2 Å². The molecular weight excluding hydrogens is 332 g/mol. The average Bonchev–Trinajstić information content (AvgIpc) is 3.26. The highest BCUT2D eigenvalue weighted by Gasteiger charge is 2.36. The lowest BCUT2D eigenvalue weighted by Gasteiger charge is -2.22. The maximum absolute atomic E-state index is 12.8. The Balaban J connectivity index is 1.77. The van der Waals surface area contributed by atoms with E-state index in [9.17, 15) is 9.59 Å². The molecule has 1 atom stereocenters. The predicted octanol–water partition coefficient (Wildman–Crippen LogP) is 1.55. The van der Waals surface area contributed by atoms with Crippen molar-refractivity contribution in [3.63, 3.8) is 0 Å². The van der Waals surface area contributed by atoms with Gasteiger partial charge in [0.15, 0.2) is 0 Å². The van der Waals surface area contributed by atoms with Gasteiger partial charge in [-0.1, -0.05) is 12.8 Å². The summed E-state index contributed by atoms with van der Waals surface area (Å²) >= 11 is 0. The molecule has 7 heteroatoms. The molecule has 0 saturated heterocycles. The summed E-state index contributed by atoms with van der Waals surface area (Å²) in [5, 5.41) is 2.90. The predicted molar refractivity (Wildman–Crippen MR) is 97.9 cm³/mol. The van der Waals surface area contributed by atoms with E-state index in [1.54, 1.807) is 7.11 Å². The first-order chi connectivity index (χ1) is 12.4. The van der Waals surface area contributed by atoms with Crippen LogP contribution >= 0.6 is 0 Å². The summed E-state index contributed by atoms with van der Waals surface area (Å²) in [5.41, 5.74) is 2.14. The minimum absolute atomic E-state index is 0.0521. The molecular formula is C19H28N4O3. The molecule has 0 unspecified atom stereocenters. The molecule has 1 aromatic rings. The number of methoxy groups -OCH3 is 1. The quantitative estimate of drug-likeness (QED) is 0.833. The normalized spacial score (nSPS) is 18.3. The van der Waals surface area contributed by atoms with E-state index in [0.717, 1.165) is 24.1 Å². The smallest absolute Gasteiger partial charge is 0.256 e. The van der Waals surface area contributed by atoms with Crippen molar-refractivity contribution in [1.29, 1.82) is 0 Å². The molecule has 0 aromatic carbocycles. The number of carbonyl (C=O) groups is 2. The van der Waals surface area contributed by atoms with Crippen LogP contribution in [0.3, 0.4) is 0 Å². The second-order valence-corrected chi connectivity index (χ2v) is 7.38. The number of hydrogen-bond acceptors (Lipinski definition) is 5. The van der Waals surface area contributed by atoms with Gasteiger partial charge in [-0.3, -0.25) is 14.5 Å². The Bertz CT molecular complexity index is 698. The van der Waals surface area contributed by atoms with Gasteiger partial charge in [0.1, 0.15) is 0 Å². The van der Waals surface area contributed by atoms with Crippen LogP contribution in [0.4, 0.5) is 0 Å². The fourth-order valence-electron chi connectivity index (χ4n) is 3.65. The second kappa shape index (κ2) is 7.61. The molecule has 3 rings (SSSR count). The third-order valence-corrected chi connectivity index (χ3v) is 5.52. The van der Waals surface area contributed by atoms with E-state index in [-0.39, 0.29) is 24.4 Å². The molecule has 2 heterocycles. The Labute approximate surface area is 154 Å². The van der Waals surface area contributed by atoms with Crippen molar-refractivity contribution in [2.45, 2.75) is 57.8 Å². The molecule has 1 saturated carbocycles. The maximum atomic E-state index is 12.8. The molecule has 1 aliphatic carbocycles. The van der Waals surface area contributed by atoms with Gasteiger partial charge < -0.3 is 15.0 Å². The highest BCUT2D eigenvalue weighted by atomic mass is 16.5. The zero-order chi connectivity index (χ0) is 18.8. The van der Waals surface area contributed by atoms with Crippen molar-refractivity contribution < 1.29 is 14.3 Å². The van der Waals surface area contributed by atoms with Crippen LogP contribution in [0.5, 0.6) is 5.88 Å². The minimum atomic E-state index is -0.233. The molecule has 0 radical (unpaired) electrons. The topological polar surface area (TPSA) is 74.8 Å². The number of hydrogen-bond donors (Lipinski definition) is 1. The number of likely N-dealkylation sites (N-methyl/N-ethyl adjacent to an activating group) is 1. The highest BCUT2D eigenvalue weighted by Crippen LogP contribution is 2.33. The van der Waals surface area contributed by atoms with Crippen LogP contribution in [0, 0.1) is 0 Å². The van der Waals surface area contributed by atoms with Crippen molar-refractivity contribution in [2.24, 2.45) is 0 Å². The zero-order valence-electron chi connectivity index (χ0n) is 16.0. The van der Waals surface area contributed by atoms with Crippen molar-refractivity contribution in [2.75, 3.05) is 21.2 Å². The number of fused-ring (bicyclic) bond motifs is 1. The zero-order valence-corrected chi connectivity index (χ0v) is 16.0. The summed E-state index contributed by atoms with van der Waals surface area (Å²) in [7, 11) is 5.28. The summed E-state index contributed by atoms with van der Waals surface area (Å²) < 4.78 is 5.40. The van der Waals surface area contributed by atoms with Gasteiger partial charge in [-0.05, 0) is 39.9 Å².